The summed E-state index contributed by atoms with van der Waals surface area (Å²) in [5.41, 5.74) is 3.33. The Labute approximate surface area is 159 Å². The van der Waals surface area contributed by atoms with Gasteiger partial charge in [0.05, 0.1) is 19.4 Å². The van der Waals surface area contributed by atoms with E-state index in [4.69, 9.17) is 14.2 Å². The number of nitrogens with zero attached hydrogens (tertiary/aromatic N) is 1. The second kappa shape index (κ2) is 10.5. The standard InChI is InChI=1S/C19H28N2O6/c1-12-7-8-13(2)17(14(12)3)21(16(22)11-25-5)15(18(23)26-6)9-10-27-19(24)20-4/h7-8,15H,9-11H2,1-6H3,(H,20,24). The number of esters is 1. The molecular weight excluding hydrogens is 352 g/mol. The number of benzene rings is 1. The molecule has 0 heterocycles. The van der Waals surface area contributed by atoms with Crippen molar-refractivity contribution in [1.82, 2.24) is 5.32 Å². The van der Waals surface area contributed by atoms with Gasteiger partial charge in [0, 0.05) is 20.6 Å². The smallest absolute Gasteiger partial charge is 0.406 e. The van der Waals surface area contributed by atoms with Crippen LogP contribution in [0.4, 0.5) is 10.5 Å². The van der Waals surface area contributed by atoms with Crippen LogP contribution in [0.2, 0.25) is 0 Å². The highest BCUT2D eigenvalue weighted by molar-refractivity contribution is 6.01. The van der Waals surface area contributed by atoms with Crippen LogP contribution in [0.25, 0.3) is 0 Å². The molecule has 0 aliphatic carbocycles. The summed E-state index contributed by atoms with van der Waals surface area (Å²) in [7, 11) is 4.10. The van der Waals surface area contributed by atoms with Gasteiger partial charge in [-0.15, -0.1) is 0 Å². The van der Waals surface area contributed by atoms with E-state index in [-0.39, 0.29) is 25.5 Å². The third-order valence-corrected chi connectivity index (χ3v) is 4.29. The Balaban J connectivity index is 3.36. The molecule has 1 atom stereocenters. The number of carbonyl (C=O) groups excluding carboxylic acids is 3. The molecule has 0 fully saturated rings. The van der Waals surface area contributed by atoms with Crippen LogP contribution >= 0.6 is 0 Å². The highest BCUT2D eigenvalue weighted by Gasteiger charge is 2.34. The van der Waals surface area contributed by atoms with Crippen molar-refractivity contribution in [2.24, 2.45) is 0 Å². The summed E-state index contributed by atoms with van der Waals surface area (Å²) in [6.45, 7) is 5.43. The highest BCUT2D eigenvalue weighted by atomic mass is 16.5. The lowest BCUT2D eigenvalue weighted by molar-refractivity contribution is -0.144. The summed E-state index contributed by atoms with van der Waals surface area (Å²) in [5.74, 6) is -0.982. The van der Waals surface area contributed by atoms with E-state index in [1.54, 1.807) is 0 Å². The first kappa shape index (κ1) is 22.4. The van der Waals surface area contributed by atoms with Crippen molar-refractivity contribution in [3.63, 3.8) is 0 Å². The summed E-state index contributed by atoms with van der Waals surface area (Å²) in [5, 5.41) is 2.33. The molecule has 150 valence electrons. The first-order valence-corrected chi connectivity index (χ1v) is 8.58. The number of carbonyl (C=O) groups is 3. The van der Waals surface area contributed by atoms with Crippen LogP contribution in [0, 0.1) is 20.8 Å². The lowest BCUT2D eigenvalue weighted by Gasteiger charge is -2.32. The molecule has 8 nitrogen and oxygen atoms in total. The van der Waals surface area contributed by atoms with Crippen LogP contribution in [0.1, 0.15) is 23.1 Å². The molecule has 1 aromatic rings. The molecule has 27 heavy (non-hydrogen) atoms. The zero-order valence-electron chi connectivity index (χ0n) is 16.8. The van der Waals surface area contributed by atoms with Crippen LogP contribution in [0.3, 0.4) is 0 Å². The number of aryl methyl sites for hydroxylation is 2. The van der Waals surface area contributed by atoms with Gasteiger partial charge in [-0.25, -0.2) is 9.59 Å². The molecule has 0 saturated carbocycles. The molecule has 0 aromatic heterocycles. The van der Waals surface area contributed by atoms with Gasteiger partial charge in [0.25, 0.3) is 5.91 Å². The van der Waals surface area contributed by atoms with Gasteiger partial charge in [-0.2, -0.15) is 0 Å². The largest absolute Gasteiger partial charge is 0.467 e. The van der Waals surface area contributed by atoms with Gasteiger partial charge in [0.2, 0.25) is 0 Å². The number of anilines is 1. The first-order chi connectivity index (χ1) is 12.8. The predicted octanol–water partition coefficient (Wildman–Crippen LogP) is 1.88. The zero-order chi connectivity index (χ0) is 20.6. The molecule has 8 heteroatoms. The van der Waals surface area contributed by atoms with Crippen molar-refractivity contribution in [3.05, 3.63) is 28.8 Å². The third-order valence-electron chi connectivity index (χ3n) is 4.29. The number of hydrogen-bond donors (Lipinski definition) is 1. The van der Waals surface area contributed by atoms with Crippen molar-refractivity contribution in [1.29, 1.82) is 0 Å². The number of rotatable bonds is 8. The maximum Gasteiger partial charge on any atom is 0.406 e. The Bertz CT molecular complexity index is 689. The van der Waals surface area contributed by atoms with Crippen LogP contribution in [0.15, 0.2) is 12.1 Å². The van der Waals surface area contributed by atoms with Gasteiger partial charge < -0.3 is 19.5 Å². The van der Waals surface area contributed by atoms with Gasteiger partial charge in [0.15, 0.2) is 0 Å². The Kier molecular flexibility index (Phi) is 8.74. The van der Waals surface area contributed by atoms with E-state index in [2.05, 4.69) is 5.32 Å². The van der Waals surface area contributed by atoms with Crippen LogP contribution in [-0.2, 0) is 23.8 Å². The van der Waals surface area contributed by atoms with E-state index >= 15 is 0 Å². The molecule has 0 aliphatic heterocycles. The maximum atomic E-state index is 12.8. The number of alkyl carbamates (subject to hydrolysis) is 1. The summed E-state index contributed by atoms with van der Waals surface area (Å²) in [4.78, 5) is 38.0. The van der Waals surface area contributed by atoms with Crippen molar-refractivity contribution >= 4 is 23.7 Å². The van der Waals surface area contributed by atoms with Gasteiger partial charge in [-0.1, -0.05) is 12.1 Å². The summed E-state index contributed by atoms with van der Waals surface area (Å²) in [6, 6.07) is 2.89. The molecule has 0 aliphatic rings. The molecule has 1 N–H and O–H groups in total. The van der Waals surface area contributed by atoms with E-state index in [0.717, 1.165) is 16.7 Å². The van der Waals surface area contributed by atoms with Crippen LogP contribution in [-0.4, -0.2) is 58.5 Å². The SMILES string of the molecule is CNC(=O)OCCC(C(=O)OC)N(C(=O)COC)c1c(C)ccc(C)c1C. The monoisotopic (exact) mass is 380 g/mol. The molecule has 1 aromatic carbocycles. The quantitative estimate of drug-likeness (QED) is 0.692. The van der Waals surface area contributed by atoms with Gasteiger partial charge in [0.1, 0.15) is 12.6 Å². The zero-order valence-corrected chi connectivity index (χ0v) is 16.8. The Hall–Kier alpha value is -2.61. The number of ether oxygens (including phenoxy) is 3. The van der Waals surface area contributed by atoms with E-state index in [9.17, 15) is 14.4 Å². The molecule has 1 unspecified atom stereocenters. The minimum Gasteiger partial charge on any atom is -0.467 e. The average molecular weight is 380 g/mol. The Morgan fingerprint density at radius 3 is 2.30 bits per heavy atom. The molecular formula is C19H28N2O6. The molecule has 2 amide bonds. The topological polar surface area (TPSA) is 94.2 Å². The van der Waals surface area contributed by atoms with E-state index in [1.807, 2.05) is 32.9 Å². The summed E-state index contributed by atoms with van der Waals surface area (Å²) >= 11 is 0. The third kappa shape index (κ3) is 5.68. The highest BCUT2D eigenvalue weighted by Crippen LogP contribution is 2.30. The minimum atomic E-state index is -0.957. The minimum absolute atomic E-state index is 0.0554. The number of hydrogen-bond acceptors (Lipinski definition) is 6. The average Bonchev–Trinajstić information content (AvgIpc) is 2.65. The van der Waals surface area contributed by atoms with E-state index in [1.165, 1.54) is 26.2 Å². The van der Waals surface area contributed by atoms with Gasteiger partial charge >= 0.3 is 12.1 Å². The summed E-state index contributed by atoms with van der Waals surface area (Å²) < 4.78 is 14.9. The molecule has 0 saturated heterocycles. The molecule has 0 bridgehead atoms. The van der Waals surface area contributed by atoms with Crippen LogP contribution in [0.5, 0.6) is 0 Å². The number of amides is 2. The van der Waals surface area contributed by atoms with Crippen molar-refractivity contribution < 1.29 is 28.6 Å². The fourth-order valence-corrected chi connectivity index (χ4v) is 2.78. The summed E-state index contributed by atoms with van der Waals surface area (Å²) in [6.07, 6.45) is -0.529. The molecule has 0 radical (unpaired) electrons. The Morgan fingerprint density at radius 1 is 1.11 bits per heavy atom. The fraction of sp³-hybridized carbons (Fsp3) is 0.526. The van der Waals surface area contributed by atoms with Crippen molar-refractivity contribution in [2.45, 2.75) is 33.2 Å². The van der Waals surface area contributed by atoms with Crippen molar-refractivity contribution in [2.75, 3.05) is 39.4 Å². The van der Waals surface area contributed by atoms with Gasteiger partial charge in [-0.05, 0) is 37.5 Å². The molecule has 0 spiro atoms. The van der Waals surface area contributed by atoms with E-state index in [0.29, 0.717) is 5.69 Å². The second-order valence-electron chi connectivity index (χ2n) is 6.08. The van der Waals surface area contributed by atoms with Crippen LogP contribution < -0.4 is 10.2 Å². The van der Waals surface area contributed by atoms with Gasteiger partial charge in [-0.3, -0.25) is 9.69 Å². The second-order valence-corrected chi connectivity index (χ2v) is 6.08. The maximum absolute atomic E-state index is 12.8. The number of nitrogens with one attached hydrogen (secondary N) is 1. The van der Waals surface area contributed by atoms with Crippen molar-refractivity contribution in [3.8, 4) is 0 Å². The predicted molar refractivity (Wildman–Crippen MR) is 101 cm³/mol. The van der Waals surface area contributed by atoms with E-state index < -0.39 is 18.1 Å². The lowest BCUT2D eigenvalue weighted by Crippen LogP contribution is -2.48. The first-order valence-electron chi connectivity index (χ1n) is 8.58. The molecule has 1 rings (SSSR count). The normalized spacial score (nSPS) is 11.5. The Morgan fingerprint density at radius 2 is 1.74 bits per heavy atom. The lowest BCUT2D eigenvalue weighted by atomic mass is 10.00. The fourth-order valence-electron chi connectivity index (χ4n) is 2.78. The number of methoxy groups -OCH3 is 2.